The minimum Gasteiger partial charge on any atom is -0.453 e. The first-order valence-electron chi connectivity index (χ1n) is 19.5. The summed E-state index contributed by atoms with van der Waals surface area (Å²) in [5, 5.41) is 16.0. The minimum absolute atomic E-state index is 0.0000408. The molecular weight excluding hydrogens is 763 g/mol. The van der Waals surface area contributed by atoms with E-state index < -0.39 is 16.6 Å². The summed E-state index contributed by atoms with van der Waals surface area (Å²) in [5.41, 5.74) is 6.97. The number of carbonyl (C=O) groups is 1. The summed E-state index contributed by atoms with van der Waals surface area (Å²) < 4.78 is 29.2. The second kappa shape index (κ2) is 18.3. The van der Waals surface area contributed by atoms with E-state index in [-0.39, 0.29) is 28.2 Å². The molecule has 2 N–H and O–H groups in total. The van der Waals surface area contributed by atoms with Crippen LogP contribution in [0.1, 0.15) is 73.9 Å². The van der Waals surface area contributed by atoms with Crippen LogP contribution in [0, 0.1) is 27.3 Å². The van der Waals surface area contributed by atoms with Gasteiger partial charge in [0.2, 0.25) is 0 Å². The smallest absolute Gasteiger partial charge is 0.293 e. The number of nitrogens with one attached hydrogen (secondary N) is 2. The monoisotopic (exact) mass is 810 g/mol. The third-order valence-corrected chi connectivity index (χ3v) is 12.1. The van der Waals surface area contributed by atoms with Crippen molar-refractivity contribution in [3.05, 3.63) is 134 Å². The van der Waals surface area contributed by atoms with E-state index in [0.717, 1.165) is 86.3 Å². The Morgan fingerprint density at radius 1 is 1.02 bits per heavy atom. The summed E-state index contributed by atoms with van der Waals surface area (Å²) in [6.45, 7) is 9.23. The van der Waals surface area contributed by atoms with E-state index >= 15 is 0 Å². The Balaban J connectivity index is 1.06. The summed E-state index contributed by atoms with van der Waals surface area (Å²) in [6, 6.07) is 24.5. The van der Waals surface area contributed by atoms with E-state index in [1.165, 1.54) is 34.9 Å². The van der Waals surface area contributed by atoms with Crippen LogP contribution in [0.15, 0.2) is 101 Å². The van der Waals surface area contributed by atoms with E-state index in [2.05, 4.69) is 47.0 Å². The van der Waals surface area contributed by atoms with Crippen LogP contribution in [0.4, 0.5) is 15.8 Å². The van der Waals surface area contributed by atoms with Gasteiger partial charge in [-0.05, 0) is 133 Å². The summed E-state index contributed by atoms with van der Waals surface area (Å²) in [6.07, 6.45) is 8.09. The van der Waals surface area contributed by atoms with Gasteiger partial charge in [-0.1, -0.05) is 67.4 Å². The summed E-state index contributed by atoms with van der Waals surface area (Å²) >= 11 is 7.20. The number of hydrogen-bond acceptors (Lipinski definition) is 8. The fourth-order valence-electron chi connectivity index (χ4n) is 7.73. The number of benzene rings is 4. The molecule has 1 amide bonds. The van der Waals surface area contributed by atoms with E-state index in [1.807, 2.05) is 18.2 Å². The third-order valence-electron chi connectivity index (χ3n) is 11.1. The van der Waals surface area contributed by atoms with Crippen molar-refractivity contribution in [3.63, 3.8) is 0 Å². The quantitative estimate of drug-likeness (QED) is 0.0781. The van der Waals surface area contributed by atoms with Crippen LogP contribution in [0.3, 0.4) is 0 Å². The first-order valence-corrected chi connectivity index (χ1v) is 20.7. The maximum atomic E-state index is 14.8. The maximum Gasteiger partial charge on any atom is 0.293 e. The molecule has 9 nitrogen and oxygen atoms in total. The average molecular weight is 811 g/mol. The number of ether oxygens (including phenoxy) is 2. The van der Waals surface area contributed by atoms with Crippen molar-refractivity contribution in [1.82, 2.24) is 9.62 Å². The van der Waals surface area contributed by atoms with E-state index in [4.69, 9.17) is 21.1 Å². The molecule has 4 aromatic rings. The van der Waals surface area contributed by atoms with Gasteiger partial charge in [-0.15, -0.1) is 0 Å². The van der Waals surface area contributed by atoms with Crippen molar-refractivity contribution in [2.24, 2.45) is 11.3 Å². The third kappa shape index (κ3) is 10.4. The predicted octanol–water partition coefficient (Wildman–Crippen LogP) is 11.2. The average Bonchev–Trinajstić information content (AvgIpc) is 3.21. The molecule has 0 aromatic heterocycles. The van der Waals surface area contributed by atoms with Crippen molar-refractivity contribution in [2.75, 3.05) is 44.7 Å². The summed E-state index contributed by atoms with van der Waals surface area (Å²) in [5.74, 6) is -0.436. The molecular formula is C45H48ClFN4O5S. The zero-order valence-electron chi connectivity index (χ0n) is 32.3. The zero-order chi connectivity index (χ0) is 39.9. The molecule has 1 fully saturated rings. The lowest BCUT2D eigenvalue weighted by atomic mass is 9.72. The van der Waals surface area contributed by atoms with Gasteiger partial charge in [0, 0.05) is 55.4 Å². The van der Waals surface area contributed by atoms with Gasteiger partial charge in [-0.2, -0.15) is 0 Å². The number of nitro groups is 1. The van der Waals surface area contributed by atoms with E-state index in [0.29, 0.717) is 36.3 Å². The Morgan fingerprint density at radius 3 is 2.53 bits per heavy atom. The van der Waals surface area contributed by atoms with Gasteiger partial charge in [0.05, 0.1) is 10.5 Å². The number of amides is 1. The molecule has 0 saturated carbocycles. The van der Waals surface area contributed by atoms with Crippen LogP contribution in [0.5, 0.6) is 11.5 Å². The lowest BCUT2D eigenvalue weighted by molar-refractivity contribution is -0.384. The maximum absolute atomic E-state index is 14.8. The fourth-order valence-corrected chi connectivity index (χ4v) is 8.48. The lowest BCUT2D eigenvalue weighted by Crippen LogP contribution is -2.32. The number of anilines is 1. The van der Waals surface area contributed by atoms with Crippen LogP contribution >= 0.6 is 23.5 Å². The van der Waals surface area contributed by atoms with Gasteiger partial charge in [0.15, 0.2) is 11.6 Å². The van der Waals surface area contributed by atoms with Crippen LogP contribution in [-0.2, 0) is 4.74 Å². The lowest BCUT2D eigenvalue weighted by Gasteiger charge is -2.36. The van der Waals surface area contributed by atoms with Crippen LogP contribution in [0.25, 0.3) is 11.1 Å². The zero-order valence-corrected chi connectivity index (χ0v) is 33.9. The highest BCUT2D eigenvalue weighted by Gasteiger charge is 2.29. The topological polar surface area (TPSA) is 106 Å². The van der Waals surface area contributed by atoms with Gasteiger partial charge in [0.25, 0.3) is 11.6 Å². The highest BCUT2D eigenvalue weighted by atomic mass is 35.5. The molecule has 298 valence electrons. The molecule has 7 rings (SSSR count). The van der Waals surface area contributed by atoms with E-state index in [1.54, 1.807) is 36.4 Å². The molecule has 1 saturated heterocycles. The highest BCUT2D eigenvalue weighted by molar-refractivity contribution is 7.98. The van der Waals surface area contributed by atoms with Gasteiger partial charge in [-0.3, -0.25) is 24.5 Å². The van der Waals surface area contributed by atoms with Crippen LogP contribution < -0.4 is 14.8 Å². The number of carbonyl (C=O) groups excluding carboxylic acids is 1. The standard InChI is InChI=1S/C45H48ClFN4O5S/c1-45(2)20-15-34(38(27-45)32-7-10-35(46)11-8-32)29-50-21-16-31(17-22-50)33-9-13-37(43(25-33)56-42-6-4-3-5-39(42)47)44(52)49-57-36-12-14-40(41(26-36)51(53)54)48-28-30-18-23-55-24-19-30/h3-14,16,25-26,30,48H,15,17-24,27-29H2,1-2H3,(H,49,52). The van der Waals surface area contributed by atoms with Crippen LogP contribution in [0.2, 0.25) is 5.02 Å². The molecule has 0 spiro atoms. The normalized spacial score (nSPS) is 17.5. The number of para-hydroxylation sites is 1. The Labute approximate surface area is 342 Å². The first kappa shape index (κ1) is 40.5. The highest BCUT2D eigenvalue weighted by Crippen LogP contribution is 2.44. The second-order valence-electron chi connectivity index (χ2n) is 15.8. The molecule has 57 heavy (non-hydrogen) atoms. The molecule has 2 aliphatic heterocycles. The van der Waals surface area contributed by atoms with Gasteiger partial charge in [-0.25, -0.2) is 4.39 Å². The first-order chi connectivity index (χ1) is 27.5. The number of nitro benzene ring substituents is 1. The molecule has 0 atom stereocenters. The van der Waals surface area contributed by atoms with Crippen molar-refractivity contribution < 1.29 is 23.6 Å². The Kier molecular flexibility index (Phi) is 13.0. The number of allylic oxidation sites excluding steroid dienone is 1. The Bertz CT molecular complexity index is 2170. The number of halogens is 2. The predicted molar refractivity (Wildman–Crippen MR) is 226 cm³/mol. The second-order valence-corrected chi connectivity index (χ2v) is 17.1. The van der Waals surface area contributed by atoms with Gasteiger partial charge in [0.1, 0.15) is 11.4 Å². The largest absolute Gasteiger partial charge is 0.453 e. The van der Waals surface area contributed by atoms with Crippen molar-refractivity contribution >= 4 is 52.0 Å². The summed E-state index contributed by atoms with van der Waals surface area (Å²) in [7, 11) is 0. The van der Waals surface area contributed by atoms with Crippen molar-refractivity contribution in [2.45, 2.75) is 57.3 Å². The number of rotatable bonds is 13. The fraction of sp³-hybridized carbons (Fsp3) is 0.356. The van der Waals surface area contributed by atoms with Gasteiger partial charge >= 0.3 is 0 Å². The molecule has 12 heteroatoms. The number of hydrogen-bond donors (Lipinski definition) is 2. The van der Waals surface area contributed by atoms with Crippen molar-refractivity contribution in [3.8, 4) is 11.5 Å². The number of nitrogens with zero attached hydrogens (tertiary/aromatic N) is 2. The molecule has 4 aromatic carbocycles. The molecule has 3 aliphatic rings. The molecule has 0 unspecified atom stereocenters. The van der Waals surface area contributed by atoms with E-state index in [9.17, 15) is 19.3 Å². The minimum atomic E-state index is -0.549. The molecule has 0 bridgehead atoms. The molecule has 2 heterocycles. The Morgan fingerprint density at radius 2 is 1.79 bits per heavy atom. The molecule has 1 aliphatic carbocycles. The van der Waals surface area contributed by atoms with Crippen LogP contribution in [-0.4, -0.2) is 55.1 Å². The molecule has 0 radical (unpaired) electrons. The summed E-state index contributed by atoms with van der Waals surface area (Å²) in [4.78, 5) is 28.2. The van der Waals surface area contributed by atoms with Crippen molar-refractivity contribution in [1.29, 1.82) is 0 Å². The SMILES string of the molecule is CC1(C)CCC(CN2CC=C(c3ccc(C(=O)NSc4ccc(NCC5CCOCC5)c([N+](=O)[O-])c4)c(Oc4ccccc4F)c3)CC2)=C(c2ccc(Cl)cc2)C1. The van der Waals surface area contributed by atoms with Gasteiger partial charge < -0.3 is 14.8 Å². The Hall–Kier alpha value is -4.68.